The minimum absolute atomic E-state index is 0.263. The maximum Gasteiger partial charge on any atom is 0.203 e. The number of hydrogen-bond donors (Lipinski definition) is 1. The third-order valence-corrected chi connectivity index (χ3v) is 3.08. The summed E-state index contributed by atoms with van der Waals surface area (Å²) in [6.45, 7) is 9.13. The molecule has 0 bridgehead atoms. The minimum Gasteiger partial charge on any atom is -0.383 e. The van der Waals surface area contributed by atoms with Crippen LogP contribution in [0.3, 0.4) is 0 Å². The topological polar surface area (TPSA) is 42.3 Å². The Kier molecular flexibility index (Phi) is 6.15. The lowest BCUT2D eigenvalue weighted by molar-refractivity contribution is 0.190. The molecule has 5 heteroatoms. The van der Waals surface area contributed by atoms with Crippen molar-refractivity contribution in [2.75, 3.05) is 32.6 Å². The van der Waals surface area contributed by atoms with Gasteiger partial charge in [0, 0.05) is 44.7 Å². The number of aromatic nitrogens is 2. The van der Waals surface area contributed by atoms with Crippen molar-refractivity contribution in [3.8, 4) is 0 Å². The van der Waals surface area contributed by atoms with Crippen LogP contribution in [0.15, 0.2) is 12.4 Å². The third kappa shape index (κ3) is 4.66. The van der Waals surface area contributed by atoms with Gasteiger partial charge in [-0.3, -0.25) is 0 Å². The molecule has 1 atom stereocenters. The summed E-state index contributed by atoms with van der Waals surface area (Å²) in [6, 6.07) is 0.830. The Balaban J connectivity index is 2.49. The average molecular weight is 254 g/mol. The predicted molar refractivity (Wildman–Crippen MR) is 75.0 cm³/mol. The van der Waals surface area contributed by atoms with E-state index < -0.39 is 0 Å². The van der Waals surface area contributed by atoms with E-state index in [2.05, 4.69) is 47.6 Å². The van der Waals surface area contributed by atoms with Crippen LogP contribution in [0.4, 0.5) is 5.95 Å². The van der Waals surface area contributed by atoms with Crippen LogP contribution in [0.25, 0.3) is 0 Å². The van der Waals surface area contributed by atoms with Gasteiger partial charge < -0.3 is 19.5 Å². The molecule has 0 aliphatic carbocycles. The van der Waals surface area contributed by atoms with Crippen molar-refractivity contribution < 1.29 is 4.74 Å². The van der Waals surface area contributed by atoms with Crippen molar-refractivity contribution in [1.29, 1.82) is 0 Å². The van der Waals surface area contributed by atoms with Crippen molar-refractivity contribution in [3.05, 3.63) is 12.4 Å². The van der Waals surface area contributed by atoms with Crippen molar-refractivity contribution in [3.63, 3.8) is 0 Å². The SMILES string of the molecule is COCC(C)Nc1nccn1CCN(C)C(C)C. The second-order valence-corrected chi connectivity index (χ2v) is 5.02. The number of anilines is 1. The number of ether oxygens (including phenoxy) is 1. The molecule has 1 rings (SSSR count). The van der Waals surface area contributed by atoms with Gasteiger partial charge in [0.15, 0.2) is 0 Å². The predicted octanol–water partition coefficient (Wildman–Crippen LogP) is 1.67. The molecule has 0 saturated heterocycles. The highest BCUT2D eigenvalue weighted by molar-refractivity contribution is 5.27. The third-order valence-electron chi connectivity index (χ3n) is 3.08. The Morgan fingerprint density at radius 1 is 1.44 bits per heavy atom. The lowest BCUT2D eigenvalue weighted by Gasteiger charge is -2.22. The molecule has 0 spiro atoms. The molecule has 0 aromatic carbocycles. The van der Waals surface area contributed by atoms with E-state index >= 15 is 0 Å². The number of likely N-dealkylation sites (N-methyl/N-ethyl adjacent to an activating group) is 1. The highest BCUT2D eigenvalue weighted by Crippen LogP contribution is 2.07. The van der Waals surface area contributed by atoms with E-state index in [1.807, 2.05) is 12.4 Å². The molecule has 0 radical (unpaired) electrons. The molecule has 104 valence electrons. The minimum atomic E-state index is 0.263. The molecule has 0 fully saturated rings. The van der Waals surface area contributed by atoms with E-state index in [-0.39, 0.29) is 6.04 Å². The Morgan fingerprint density at radius 3 is 2.78 bits per heavy atom. The lowest BCUT2D eigenvalue weighted by Crippen LogP contribution is -2.30. The molecule has 0 amide bonds. The van der Waals surface area contributed by atoms with Crippen LogP contribution in [0.2, 0.25) is 0 Å². The molecule has 0 saturated carbocycles. The van der Waals surface area contributed by atoms with Crippen LogP contribution in [0.5, 0.6) is 0 Å². The molecule has 1 heterocycles. The van der Waals surface area contributed by atoms with Crippen LogP contribution >= 0.6 is 0 Å². The van der Waals surface area contributed by atoms with Gasteiger partial charge in [-0.15, -0.1) is 0 Å². The van der Waals surface area contributed by atoms with Crippen LogP contribution in [-0.4, -0.2) is 53.8 Å². The highest BCUT2D eigenvalue weighted by Gasteiger charge is 2.08. The van der Waals surface area contributed by atoms with Crippen LogP contribution in [0, 0.1) is 0 Å². The normalized spacial score (nSPS) is 13.3. The summed E-state index contributed by atoms with van der Waals surface area (Å²) in [5.41, 5.74) is 0. The van der Waals surface area contributed by atoms with Gasteiger partial charge in [-0.1, -0.05) is 0 Å². The average Bonchev–Trinajstić information content (AvgIpc) is 2.73. The summed E-state index contributed by atoms with van der Waals surface area (Å²) in [4.78, 5) is 6.66. The lowest BCUT2D eigenvalue weighted by atomic mass is 10.3. The first-order valence-electron chi connectivity index (χ1n) is 6.51. The van der Waals surface area contributed by atoms with Crippen molar-refractivity contribution >= 4 is 5.95 Å². The number of imidazole rings is 1. The van der Waals surface area contributed by atoms with Crippen LogP contribution in [-0.2, 0) is 11.3 Å². The fourth-order valence-corrected chi connectivity index (χ4v) is 1.67. The van der Waals surface area contributed by atoms with E-state index in [0.717, 1.165) is 19.0 Å². The van der Waals surface area contributed by atoms with E-state index in [1.54, 1.807) is 7.11 Å². The largest absolute Gasteiger partial charge is 0.383 e. The highest BCUT2D eigenvalue weighted by atomic mass is 16.5. The number of hydrogen-bond acceptors (Lipinski definition) is 4. The van der Waals surface area contributed by atoms with Gasteiger partial charge in [0.05, 0.1) is 6.61 Å². The summed E-state index contributed by atoms with van der Waals surface area (Å²) in [5.74, 6) is 0.914. The summed E-state index contributed by atoms with van der Waals surface area (Å²) in [7, 11) is 3.85. The van der Waals surface area contributed by atoms with E-state index in [0.29, 0.717) is 12.6 Å². The van der Waals surface area contributed by atoms with Gasteiger partial charge in [-0.25, -0.2) is 4.98 Å². The van der Waals surface area contributed by atoms with E-state index in [1.165, 1.54) is 0 Å². The first kappa shape index (κ1) is 15.0. The number of rotatable bonds is 8. The number of methoxy groups -OCH3 is 1. The molecule has 1 aromatic heterocycles. The van der Waals surface area contributed by atoms with Crippen molar-refractivity contribution in [2.24, 2.45) is 0 Å². The Morgan fingerprint density at radius 2 is 2.17 bits per heavy atom. The summed E-state index contributed by atoms with van der Waals surface area (Å²) in [5, 5.41) is 3.35. The number of nitrogens with zero attached hydrogens (tertiary/aromatic N) is 3. The summed E-state index contributed by atoms with van der Waals surface area (Å²) >= 11 is 0. The van der Waals surface area contributed by atoms with Gasteiger partial charge in [0.1, 0.15) is 0 Å². The zero-order chi connectivity index (χ0) is 13.5. The van der Waals surface area contributed by atoms with Gasteiger partial charge >= 0.3 is 0 Å². The smallest absolute Gasteiger partial charge is 0.203 e. The van der Waals surface area contributed by atoms with Gasteiger partial charge in [0.2, 0.25) is 5.95 Å². The monoisotopic (exact) mass is 254 g/mol. The van der Waals surface area contributed by atoms with Crippen molar-refractivity contribution in [2.45, 2.75) is 39.4 Å². The molecule has 5 nitrogen and oxygen atoms in total. The van der Waals surface area contributed by atoms with Crippen molar-refractivity contribution in [1.82, 2.24) is 14.5 Å². The second-order valence-electron chi connectivity index (χ2n) is 5.02. The second kappa shape index (κ2) is 7.38. The summed E-state index contributed by atoms with van der Waals surface area (Å²) in [6.07, 6.45) is 3.84. The maximum absolute atomic E-state index is 5.11. The fraction of sp³-hybridized carbons (Fsp3) is 0.769. The fourth-order valence-electron chi connectivity index (χ4n) is 1.67. The zero-order valence-corrected chi connectivity index (χ0v) is 12.2. The van der Waals surface area contributed by atoms with Gasteiger partial charge in [-0.2, -0.15) is 0 Å². The Hall–Kier alpha value is -1.07. The molecule has 0 aliphatic heterocycles. The molecular formula is C13H26N4O. The number of nitrogens with one attached hydrogen (secondary N) is 1. The quantitative estimate of drug-likeness (QED) is 0.766. The van der Waals surface area contributed by atoms with Gasteiger partial charge in [0.25, 0.3) is 0 Å². The molecule has 1 aromatic rings. The van der Waals surface area contributed by atoms with E-state index in [4.69, 9.17) is 4.74 Å². The molecule has 1 unspecified atom stereocenters. The summed E-state index contributed by atoms with van der Waals surface area (Å²) < 4.78 is 7.26. The van der Waals surface area contributed by atoms with Crippen LogP contribution in [0.1, 0.15) is 20.8 Å². The zero-order valence-electron chi connectivity index (χ0n) is 12.2. The molecular weight excluding hydrogens is 228 g/mol. The molecule has 1 N–H and O–H groups in total. The Bertz CT molecular complexity index is 337. The Labute approximate surface area is 110 Å². The van der Waals surface area contributed by atoms with E-state index in [9.17, 15) is 0 Å². The first-order chi connectivity index (χ1) is 8.54. The maximum atomic E-state index is 5.11. The molecule has 18 heavy (non-hydrogen) atoms. The molecule has 0 aliphatic rings. The first-order valence-corrected chi connectivity index (χ1v) is 6.51. The van der Waals surface area contributed by atoms with Crippen LogP contribution < -0.4 is 5.32 Å². The standard InChI is InChI=1S/C13H26N4O/c1-11(2)16(4)8-9-17-7-6-14-13(17)15-12(3)10-18-5/h6-7,11-12H,8-10H2,1-5H3,(H,14,15). The van der Waals surface area contributed by atoms with Gasteiger partial charge in [-0.05, 0) is 27.8 Å².